The van der Waals surface area contributed by atoms with Crippen LogP contribution in [0.4, 0.5) is 0 Å². The molecule has 0 saturated heterocycles. The number of ether oxygens (including phenoxy) is 1. The van der Waals surface area contributed by atoms with Crippen LogP contribution in [0.25, 0.3) is 11.0 Å². The molecule has 0 spiro atoms. The second-order valence-electron chi connectivity index (χ2n) is 6.45. The van der Waals surface area contributed by atoms with E-state index >= 15 is 0 Å². The van der Waals surface area contributed by atoms with E-state index in [2.05, 4.69) is 29.5 Å². The smallest absolute Gasteiger partial charge is 0.125 e. The third kappa shape index (κ3) is 2.28. The van der Waals surface area contributed by atoms with Gasteiger partial charge in [0, 0.05) is 12.1 Å². The van der Waals surface area contributed by atoms with E-state index in [1.54, 1.807) is 7.11 Å². The quantitative estimate of drug-likeness (QED) is 0.777. The minimum atomic E-state index is 0.414. The first kappa shape index (κ1) is 13.7. The molecule has 1 unspecified atom stereocenters. The van der Waals surface area contributed by atoms with Gasteiger partial charge in [0.05, 0.1) is 24.0 Å². The maximum Gasteiger partial charge on any atom is 0.125 e. The number of halogens is 1. The summed E-state index contributed by atoms with van der Waals surface area (Å²) in [6.45, 7) is 4.69. The minimum Gasteiger partial charge on any atom is -0.497 e. The number of rotatable bonds is 3. The number of imidazole rings is 1. The van der Waals surface area contributed by atoms with E-state index in [0.717, 1.165) is 17.1 Å². The van der Waals surface area contributed by atoms with Crippen LogP contribution in [0.5, 0.6) is 5.75 Å². The number of aromatic nitrogens is 2. The number of methoxy groups -OCH3 is 1. The Kier molecular flexibility index (Phi) is 3.41. The van der Waals surface area contributed by atoms with Gasteiger partial charge in [0.2, 0.25) is 0 Å². The SMILES string of the molecule is COc1ccc2c(c1)nc(CCl)n2C1CCC(C)(C)C1. The summed E-state index contributed by atoms with van der Waals surface area (Å²) < 4.78 is 7.63. The highest BCUT2D eigenvalue weighted by atomic mass is 35.5. The molecular formula is C16H21ClN2O. The van der Waals surface area contributed by atoms with Gasteiger partial charge >= 0.3 is 0 Å². The van der Waals surface area contributed by atoms with Crippen molar-refractivity contribution in [2.75, 3.05) is 7.11 Å². The predicted molar refractivity (Wildman–Crippen MR) is 82.5 cm³/mol. The van der Waals surface area contributed by atoms with Crippen LogP contribution >= 0.6 is 11.6 Å². The molecule has 1 heterocycles. The van der Waals surface area contributed by atoms with Gasteiger partial charge in [0.1, 0.15) is 11.6 Å². The number of hydrogen-bond donors (Lipinski definition) is 0. The fourth-order valence-corrected chi connectivity index (χ4v) is 3.57. The molecule has 0 radical (unpaired) electrons. The largest absolute Gasteiger partial charge is 0.497 e. The molecule has 4 heteroatoms. The van der Waals surface area contributed by atoms with Crippen molar-refractivity contribution < 1.29 is 4.74 Å². The van der Waals surface area contributed by atoms with E-state index in [1.165, 1.54) is 24.8 Å². The summed E-state index contributed by atoms with van der Waals surface area (Å²) in [5.74, 6) is 2.26. The van der Waals surface area contributed by atoms with Gasteiger partial charge in [0.15, 0.2) is 0 Å². The summed E-state index contributed by atoms with van der Waals surface area (Å²) in [5.41, 5.74) is 2.56. The van der Waals surface area contributed by atoms with E-state index in [0.29, 0.717) is 17.3 Å². The summed E-state index contributed by atoms with van der Waals surface area (Å²) in [5, 5.41) is 0. The van der Waals surface area contributed by atoms with Gasteiger partial charge in [-0.1, -0.05) is 13.8 Å². The first-order valence-corrected chi connectivity index (χ1v) is 7.68. The summed E-state index contributed by atoms with van der Waals surface area (Å²) in [7, 11) is 1.68. The molecule has 20 heavy (non-hydrogen) atoms. The molecule has 2 aromatic rings. The summed E-state index contributed by atoms with van der Waals surface area (Å²) in [6.07, 6.45) is 3.65. The van der Waals surface area contributed by atoms with Gasteiger partial charge < -0.3 is 9.30 Å². The highest BCUT2D eigenvalue weighted by Gasteiger charge is 2.33. The second-order valence-corrected chi connectivity index (χ2v) is 6.71. The van der Waals surface area contributed by atoms with Gasteiger partial charge in [-0.05, 0) is 36.8 Å². The van der Waals surface area contributed by atoms with Crippen LogP contribution in [0.1, 0.15) is 45.0 Å². The summed E-state index contributed by atoms with van der Waals surface area (Å²) >= 11 is 6.11. The molecule has 0 amide bonds. The molecule has 1 fully saturated rings. The summed E-state index contributed by atoms with van der Waals surface area (Å²) in [6, 6.07) is 6.60. The van der Waals surface area contributed by atoms with Crippen molar-refractivity contribution in [3.05, 3.63) is 24.0 Å². The number of benzene rings is 1. The molecule has 0 bridgehead atoms. The topological polar surface area (TPSA) is 27.1 Å². The van der Waals surface area contributed by atoms with Crippen LogP contribution in [0.15, 0.2) is 18.2 Å². The van der Waals surface area contributed by atoms with Crippen molar-refractivity contribution in [3.8, 4) is 5.75 Å². The highest BCUT2D eigenvalue weighted by Crippen LogP contribution is 2.45. The van der Waals surface area contributed by atoms with Crippen LogP contribution in [-0.4, -0.2) is 16.7 Å². The van der Waals surface area contributed by atoms with Gasteiger partial charge in [-0.3, -0.25) is 0 Å². The second kappa shape index (κ2) is 4.96. The lowest BCUT2D eigenvalue weighted by atomic mass is 9.92. The maximum atomic E-state index is 6.11. The van der Waals surface area contributed by atoms with Crippen molar-refractivity contribution in [2.45, 2.75) is 45.0 Å². The molecule has 108 valence electrons. The van der Waals surface area contributed by atoms with E-state index in [9.17, 15) is 0 Å². The van der Waals surface area contributed by atoms with Gasteiger partial charge in [-0.15, -0.1) is 11.6 Å². The van der Waals surface area contributed by atoms with E-state index in [1.807, 2.05) is 12.1 Å². The lowest BCUT2D eigenvalue weighted by molar-refractivity contribution is 0.359. The average molecular weight is 293 g/mol. The lowest BCUT2D eigenvalue weighted by Crippen LogP contribution is -2.11. The van der Waals surface area contributed by atoms with Crippen LogP contribution in [-0.2, 0) is 5.88 Å². The summed E-state index contributed by atoms with van der Waals surface area (Å²) in [4.78, 5) is 4.68. The number of hydrogen-bond acceptors (Lipinski definition) is 2. The Balaban J connectivity index is 2.09. The van der Waals surface area contributed by atoms with Crippen LogP contribution < -0.4 is 4.74 Å². The molecule has 3 rings (SSSR count). The van der Waals surface area contributed by atoms with Crippen molar-refractivity contribution >= 4 is 22.6 Å². The number of nitrogens with zero attached hydrogens (tertiary/aromatic N) is 2. The Bertz CT molecular complexity index is 633. The molecule has 1 aliphatic carbocycles. The first-order chi connectivity index (χ1) is 9.54. The van der Waals surface area contributed by atoms with Crippen molar-refractivity contribution in [3.63, 3.8) is 0 Å². The van der Waals surface area contributed by atoms with Gasteiger partial charge in [-0.2, -0.15) is 0 Å². The molecule has 1 aromatic heterocycles. The number of alkyl halides is 1. The van der Waals surface area contributed by atoms with Crippen molar-refractivity contribution in [1.29, 1.82) is 0 Å². The maximum absolute atomic E-state index is 6.11. The molecule has 1 atom stereocenters. The van der Waals surface area contributed by atoms with Crippen LogP contribution in [0.2, 0.25) is 0 Å². The first-order valence-electron chi connectivity index (χ1n) is 7.15. The third-order valence-electron chi connectivity index (χ3n) is 4.40. The molecular weight excluding hydrogens is 272 g/mol. The zero-order valence-electron chi connectivity index (χ0n) is 12.3. The van der Waals surface area contributed by atoms with Gasteiger partial charge in [-0.25, -0.2) is 4.98 Å². The molecule has 3 nitrogen and oxygen atoms in total. The Morgan fingerprint density at radius 1 is 1.45 bits per heavy atom. The monoisotopic (exact) mass is 292 g/mol. The fraction of sp³-hybridized carbons (Fsp3) is 0.562. The highest BCUT2D eigenvalue weighted by molar-refractivity contribution is 6.16. The van der Waals surface area contributed by atoms with Gasteiger partial charge in [0.25, 0.3) is 0 Å². The molecule has 0 N–H and O–H groups in total. The minimum absolute atomic E-state index is 0.414. The zero-order valence-corrected chi connectivity index (χ0v) is 13.1. The fourth-order valence-electron chi connectivity index (χ4n) is 3.38. The standard InChI is InChI=1S/C16H21ClN2O/c1-16(2)7-6-11(9-16)19-14-5-4-12(20-3)8-13(14)18-15(19)10-17/h4-5,8,11H,6-7,9-10H2,1-3H3. The average Bonchev–Trinajstić information content (AvgIpc) is 2.97. The number of fused-ring (bicyclic) bond motifs is 1. The Morgan fingerprint density at radius 2 is 2.25 bits per heavy atom. The van der Waals surface area contributed by atoms with Crippen LogP contribution in [0.3, 0.4) is 0 Å². The van der Waals surface area contributed by atoms with Crippen LogP contribution in [0, 0.1) is 5.41 Å². The van der Waals surface area contributed by atoms with Crippen molar-refractivity contribution in [2.24, 2.45) is 5.41 Å². The van der Waals surface area contributed by atoms with Crippen molar-refractivity contribution in [1.82, 2.24) is 9.55 Å². The molecule has 0 aliphatic heterocycles. The molecule has 1 aromatic carbocycles. The third-order valence-corrected chi connectivity index (χ3v) is 4.64. The Hall–Kier alpha value is -1.22. The predicted octanol–water partition coefficient (Wildman–Crippen LogP) is 4.53. The molecule has 1 saturated carbocycles. The Morgan fingerprint density at radius 3 is 2.85 bits per heavy atom. The molecule has 1 aliphatic rings. The normalized spacial score (nSPS) is 21.5. The lowest BCUT2D eigenvalue weighted by Gasteiger charge is -2.19. The van der Waals surface area contributed by atoms with E-state index < -0.39 is 0 Å². The Labute approximate surface area is 124 Å². The van der Waals surface area contributed by atoms with E-state index in [4.69, 9.17) is 16.3 Å². The van der Waals surface area contributed by atoms with E-state index in [-0.39, 0.29) is 0 Å². The zero-order chi connectivity index (χ0) is 14.3.